The van der Waals surface area contributed by atoms with Crippen molar-refractivity contribution in [2.24, 2.45) is 0 Å². The van der Waals surface area contributed by atoms with Crippen LogP contribution in [0.2, 0.25) is 0 Å². The average Bonchev–Trinajstić information content (AvgIpc) is 2.84. The van der Waals surface area contributed by atoms with E-state index in [9.17, 15) is 14.9 Å². The first-order valence-corrected chi connectivity index (χ1v) is 10.5. The molecule has 2 heterocycles. The molecular formula is C26H22N4O3. The molecule has 7 nitrogen and oxygen atoms in total. The molecule has 7 heteroatoms. The Balaban J connectivity index is 1.61. The van der Waals surface area contributed by atoms with Gasteiger partial charge >= 0.3 is 6.09 Å². The quantitative estimate of drug-likeness (QED) is 0.568. The number of carbonyl (C=O) groups is 2. The Morgan fingerprint density at radius 1 is 1.15 bits per heavy atom. The smallest absolute Gasteiger partial charge is 0.408 e. The van der Waals surface area contributed by atoms with Crippen molar-refractivity contribution in [2.45, 2.75) is 25.5 Å². The lowest BCUT2D eigenvalue weighted by Crippen LogP contribution is -2.29. The summed E-state index contributed by atoms with van der Waals surface area (Å²) in [5, 5.41) is 15.0. The van der Waals surface area contributed by atoms with Crippen molar-refractivity contribution in [1.29, 1.82) is 5.26 Å². The molecule has 2 amide bonds. The summed E-state index contributed by atoms with van der Waals surface area (Å²) in [6.07, 6.45) is 5.32. The molecular weight excluding hydrogens is 416 g/mol. The fourth-order valence-electron chi connectivity index (χ4n) is 3.56. The molecule has 33 heavy (non-hydrogen) atoms. The molecule has 0 saturated heterocycles. The van der Waals surface area contributed by atoms with Gasteiger partial charge in [-0.05, 0) is 41.8 Å². The first kappa shape index (κ1) is 21.8. The minimum atomic E-state index is -0.548. The van der Waals surface area contributed by atoms with E-state index in [1.807, 2.05) is 48.5 Å². The van der Waals surface area contributed by atoms with E-state index in [2.05, 4.69) is 21.7 Å². The van der Waals surface area contributed by atoms with Gasteiger partial charge in [-0.25, -0.2) is 4.79 Å². The number of aromatic nitrogens is 1. The minimum Gasteiger partial charge on any atom is -0.445 e. The van der Waals surface area contributed by atoms with Crippen LogP contribution >= 0.6 is 0 Å². The fourth-order valence-corrected chi connectivity index (χ4v) is 3.56. The standard InChI is InChI=1S/C26H22N4O3/c27-16-19-10-11-21-20-12-13-28-24(15-20)22(8-4-5-9-25(31)29-23(21)14-19)30-26(32)33-17-18-6-2-1-3-7-18/h1-7,10-15,22H,8-9,17H2,(H,29,31)(H,30,32)/t22-/m0/s1. The number of ether oxygens (including phenoxy) is 1. The van der Waals surface area contributed by atoms with Crippen LogP contribution in [0.1, 0.15) is 35.7 Å². The summed E-state index contributed by atoms with van der Waals surface area (Å²) in [4.78, 5) is 29.4. The van der Waals surface area contributed by atoms with Crippen molar-refractivity contribution in [3.8, 4) is 17.2 Å². The summed E-state index contributed by atoms with van der Waals surface area (Å²) in [5.74, 6) is -0.191. The minimum absolute atomic E-state index is 0.164. The summed E-state index contributed by atoms with van der Waals surface area (Å²) in [6.45, 7) is 0.164. The molecule has 0 aliphatic carbocycles. The van der Waals surface area contributed by atoms with E-state index in [4.69, 9.17) is 4.74 Å². The Kier molecular flexibility index (Phi) is 6.76. The van der Waals surface area contributed by atoms with Gasteiger partial charge in [0.05, 0.1) is 23.4 Å². The molecule has 0 unspecified atom stereocenters. The number of anilines is 1. The molecule has 2 bridgehead atoms. The largest absolute Gasteiger partial charge is 0.445 e. The third kappa shape index (κ3) is 5.63. The van der Waals surface area contributed by atoms with E-state index in [0.29, 0.717) is 23.4 Å². The molecule has 3 aromatic rings. The molecule has 164 valence electrons. The highest BCUT2D eigenvalue weighted by atomic mass is 16.5. The van der Waals surface area contributed by atoms with Gasteiger partial charge < -0.3 is 15.4 Å². The molecule has 0 radical (unpaired) electrons. The van der Waals surface area contributed by atoms with Crippen LogP contribution in [0.15, 0.2) is 79.0 Å². The number of rotatable bonds is 3. The second kappa shape index (κ2) is 10.2. The number of carbonyl (C=O) groups excluding carboxylic acids is 2. The predicted octanol–water partition coefficient (Wildman–Crippen LogP) is 4.88. The van der Waals surface area contributed by atoms with Gasteiger partial charge in [0.1, 0.15) is 6.61 Å². The third-order valence-electron chi connectivity index (χ3n) is 5.22. The number of alkyl carbamates (subject to hydrolysis) is 1. The van der Waals surface area contributed by atoms with Gasteiger partial charge in [-0.1, -0.05) is 48.6 Å². The zero-order valence-electron chi connectivity index (χ0n) is 17.8. The molecule has 0 spiro atoms. The molecule has 2 aromatic carbocycles. The van der Waals surface area contributed by atoms with Gasteiger partial charge in [0.2, 0.25) is 5.91 Å². The van der Waals surface area contributed by atoms with E-state index in [0.717, 1.165) is 16.7 Å². The fraction of sp³-hybridized carbons (Fsp3) is 0.154. The first-order chi connectivity index (χ1) is 16.1. The van der Waals surface area contributed by atoms with Gasteiger partial charge in [-0.15, -0.1) is 0 Å². The number of hydrogen-bond donors (Lipinski definition) is 2. The summed E-state index contributed by atoms with van der Waals surface area (Å²) >= 11 is 0. The Bertz CT molecular complexity index is 1230. The normalized spacial score (nSPS) is 15.1. The molecule has 2 N–H and O–H groups in total. The zero-order valence-corrected chi connectivity index (χ0v) is 17.8. The van der Waals surface area contributed by atoms with Crippen LogP contribution in [0.25, 0.3) is 11.1 Å². The maximum atomic E-state index is 12.5. The van der Waals surface area contributed by atoms with Gasteiger partial charge in [0.25, 0.3) is 0 Å². The van der Waals surface area contributed by atoms with E-state index < -0.39 is 12.1 Å². The highest BCUT2D eigenvalue weighted by Crippen LogP contribution is 2.31. The highest BCUT2D eigenvalue weighted by Gasteiger charge is 2.18. The van der Waals surface area contributed by atoms with Crippen LogP contribution in [0.5, 0.6) is 0 Å². The summed E-state index contributed by atoms with van der Waals surface area (Å²) in [6, 6.07) is 20.0. The summed E-state index contributed by atoms with van der Waals surface area (Å²) < 4.78 is 5.38. The van der Waals surface area contributed by atoms with E-state index in [1.165, 1.54) is 0 Å². The van der Waals surface area contributed by atoms with Crippen molar-refractivity contribution in [2.75, 3.05) is 5.32 Å². The number of nitriles is 1. The Morgan fingerprint density at radius 2 is 2.00 bits per heavy atom. The monoisotopic (exact) mass is 438 g/mol. The number of hydrogen-bond acceptors (Lipinski definition) is 5. The van der Waals surface area contributed by atoms with Crippen LogP contribution in [-0.4, -0.2) is 17.0 Å². The molecule has 1 aliphatic rings. The van der Waals surface area contributed by atoms with Gasteiger partial charge in [-0.3, -0.25) is 9.78 Å². The Morgan fingerprint density at radius 3 is 2.82 bits per heavy atom. The van der Waals surface area contributed by atoms with E-state index in [1.54, 1.807) is 30.5 Å². The van der Waals surface area contributed by atoms with Crippen molar-refractivity contribution in [1.82, 2.24) is 10.3 Å². The number of nitrogens with one attached hydrogen (secondary N) is 2. The Hall–Kier alpha value is -4.44. The van der Waals surface area contributed by atoms with Crippen LogP contribution < -0.4 is 10.6 Å². The van der Waals surface area contributed by atoms with Crippen LogP contribution in [0.3, 0.4) is 0 Å². The summed E-state index contributed by atoms with van der Waals surface area (Å²) in [7, 11) is 0. The van der Waals surface area contributed by atoms with Crippen LogP contribution in [0.4, 0.5) is 10.5 Å². The lowest BCUT2D eigenvalue weighted by Gasteiger charge is -2.19. The second-order valence-electron chi connectivity index (χ2n) is 7.56. The maximum Gasteiger partial charge on any atom is 0.408 e. The molecule has 0 saturated carbocycles. The molecule has 1 atom stereocenters. The number of benzene rings is 2. The maximum absolute atomic E-state index is 12.5. The van der Waals surface area contributed by atoms with Gasteiger partial charge in [0, 0.05) is 23.9 Å². The number of nitrogens with zero attached hydrogens (tertiary/aromatic N) is 2. The van der Waals surface area contributed by atoms with Gasteiger partial charge in [-0.2, -0.15) is 5.26 Å². The summed E-state index contributed by atoms with van der Waals surface area (Å²) in [5.41, 5.74) is 4.14. The number of fused-ring (bicyclic) bond motifs is 4. The number of amides is 2. The molecule has 1 aliphatic heterocycles. The topological polar surface area (TPSA) is 104 Å². The highest BCUT2D eigenvalue weighted by molar-refractivity contribution is 5.96. The van der Waals surface area contributed by atoms with Crippen molar-refractivity contribution in [3.05, 3.63) is 95.8 Å². The van der Waals surface area contributed by atoms with Gasteiger partial charge in [0.15, 0.2) is 0 Å². The second-order valence-corrected chi connectivity index (χ2v) is 7.56. The van der Waals surface area contributed by atoms with Crippen molar-refractivity contribution < 1.29 is 14.3 Å². The zero-order chi connectivity index (χ0) is 23.0. The molecule has 0 fully saturated rings. The van der Waals surface area contributed by atoms with E-state index >= 15 is 0 Å². The SMILES string of the molecule is N#Cc1ccc2c(c1)NC(=O)CC=CC[C@H](NC(=O)OCc1ccccc1)c1cc-2ccn1. The molecule has 1 aromatic heterocycles. The van der Waals surface area contributed by atoms with Crippen LogP contribution in [0, 0.1) is 11.3 Å². The van der Waals surface area contributed by atoms with E-state index in [-0.39, 0.29) is 18.9 Å². The number of pyridine rings is 1. The Labute approximate surface area is 191 Å². The lowest BCUT2D eigenvalue weighted by atomic mass is 9.99. The van der Waals surface area contributed by atoms with Crippen molar-refractivity contribution in [3.63, 3.8) is 0 Å². The predicted molar refractivity (Wildman–Crippen MR) is 124 cm³/mol. The third-order valence-corrected chi connectivity index (χ3v) is 5.22. The lowest BCUT2D eigenvalue weighted by molar-refractivity contribution is -0.115. The molecule has 4 rings (SSSR count). The van der Waals surface area contributed by atoms with Crippen LogP contribution in [-0.2, 0) is 16.1 Å². The van der Waals surface area contributed by atoms with Crippen molar-refractivity contribution >= 4 is 17.7 Å². The average molecular weight is 438 g/mol. The first-order valence-electron chi connectivity index (χ1n) is 10.5.